The van der Waals surface area contributed by atoms with Gasteiger partial charge >= 0.3 is 0 Å². The van der Waals surface area contributed by atoms with Gasteiger partial charge in [0.15, 0.2) is 0 Å². The fourth-order valence-corrected chi connectivity index (χ4v) is 2.51. The lowest BCUT2D eigenvalue weighted by Crippen LogP contribution is -2.31. The summed E-state index contributed by atoms with van der Waals surface area (Å²) in [6.07, 6.45) is 0. The highest BCUT2D eigenvalue weighted by Gasteiger charge is 2.15. The second kappa shape index (κ2) is 5.66. The molecule has 1 aromatic rings. The Morgan fingerprint density at radius 1 is 1.47 bits per heavy atom. The van der Waals surface area contributed by atoms with Crippen molar-refractivity contribution in [3.8, 4) is 0 Å². The van der Waals surface area contributed by atoms with E-state index >= 15 is 0 Å². The minimum absolute atomic E-state index is 0.0772. The fourth-order valence-electron chi connectivity index (χ4n) is 1.08. The van der Waals surface area contributed by atoms with Crippen LogP contribution in [0.25, 0.3) is 0 Å². The van der Waals surface area contributed by atoms with E-state index in [9.17, 15) is 4.79 Å². The van der Waals surface area contributed by atoms with Gasteiger partial charge in [-0.05, 0) is 34.0 Å². The molecule has 1 amide bonds. The molecule has 1 N–H and O–H groups in total. The molecule has 0 spiro atoms. The van der Waals surface area contributed by atoms with Crippen LogP contribution in [0.3, 0.4) is 0 Å². The third kappa shape index (κ3) is 3.95. The average Bonchev–Trinajstić information content (AvgIpc) is 2.59. The SMILES string of the molecule is CC(C)C(C)C(=O)NCc1ccc(Br)s1. The number of halogens is 1. The molecule has 4 heteroatoms. The highest BCUT2D eigenvalue weighted by atomic mass is 79.9. The first-order valence-electron chi connectivity index (χ1n) is 5.02. The first kappa shape index (κ1) is 12.7. The predicted octanol–water partition coefficient (Wildman–Crippen LogP) is 3.42. The second-order valence-electron chi connectivity index (χ2n) is 3.96. The molecule has 0 aliphatic rings. The maximum Gasteiger partial charge on any atom is 0.223 e. The smallest absolute Gasteiger partial charge is 0.223 e. The number of hydrogen-bond donors (Lipinski definition) is 1. The largest absolute Gasteiger partial charge is 0.351 e. The summed E-state index contributed by atoms with van der Waals surface area (Å²) in [6.45, 7) is 6.72. The topological polar surface area (TPSA) is 29.1 Å². The Hall–Kier alpha value is -0.350. The van der Waals surface area contributed by atoms with Crippen LogP contribution in [0.1, 0.15) is 25.6 Å². The summed E-state index contributed by atoms with van der Waals surface area (Å²) in [5.41, 5.74) is 0. The summed E-state index contributed by atoms with van der Waals surface area (Å²) in [5.74, 6) is 0.600. The van der Waals surface area contributed by atoms with E-state index in [0.29, 0.717) is 12.5 Å². The maximum absolute atomic E-state index is 11.6. The standard InChI is InChI=1S/C11H16BrNOS/c1-7(2)8(3)11(14)13-6-9-4-5-10(12)15-9/h4-5,7-8H,6H2,1-3H3,(H,13,14). The number of carbonyl (C=O) groups is 1. The lowest BCUT2D eigenvalue weighted by atomic mass is 9.97. The minimum Gasteiger partial charge on any atom is -0.351 e. The molecule has 1 heterocycles. The van der Waals surface area contributed by atoms with Crippen molar-refractivity contribution >= 4 is 33.2 Å². The van der Waals surface area contributed by atoms with E-state index in [1.807, 2.05) is 19.1 Å². The molecule has 1 unspecified atom stereocenters. The molecular weight excluding hydrogens is 274 g/mol. The number of rotatable bonds is 4. The van der Waals surface area contributed by atoms with Crippen molar-refractivity contribution in [2.45, 2.75) is 27.3 Å². The molecule has 1 atom stereocenters. The van der Waals surface area contributed by atoms with Gasteiger partial charge in [0, 0.05) is 10.8 Å². The Labute approximate surface area is 103 Å². The first-order chi connectivity index (χ1) is 7.00. The van der Waals surface area contributed by atoms with Gasteiger partial charge in [-0.25, -0.2) is 0 Å². The number of thiophene rings is 1. The van der Waals surface area contributed by atoms with Gasteiger partial charge in [0.2, 0.25) is 5.91 Å². The van der Waals surface area contributed by atoms with Crippen molar-refractivity contribution in [2.24, 2.45) is 11.8 Å². The van der Waals surface area contributed by atoms with Crippen LogP contribution in [-0.4, -0.2) is 5.91 Å². The summed E-state index contributed by atoms with van der Waals surface area (Å²) in [4.78, 5) is 12.8. The van der Waals surface area contributed by atoms with E-state index in [1.54, 1.807) is 11.3 Å². The molecule has 15 heavy (non-hydrogen) atoms. The normalized spacial score (nSPS) is 12.9. The molecule has 0 radical (unpaired) electrons. The molecule has 0 fully saturated rings. The highest BCUT2D eigenvalue weighted by Crippen LogP contribution is 2.21. The summed E-state index contributed by atoms with van der Waals surface area (Å²) >= 11 is 5.05. The third-order valence-corrected chi connectivity index (χ3v) is 4.10. The van der Waals surface area contributed by atoms with Crippen LogP contribution in [0.2, 0.25) is 0 Å². The average molecular weight is 290 g/mol. The second-order valence-corrected chi connectivity index (χ2v) is 6.50. The van der Waals surface area contributed by atoms with Crippen LogP contribution < -0.4 is 5.32 Å². The van der Waals surface area contributed by atoms with Crippen LogP contribution in [0.5, 0.6) is 0 Å². The van der Waals surface area contributed by atoms with Crippen molar-refractivity contribution in [2.75, 3.05) is 0 Å². The summed E-state index contributed by atoms with van der Waals surface area (Å²) in [7, 11) is 0. The van der Waals surface area contributed by atoms with E-state index in [-0.39, 0.29) is 11.8 Å². The summed E-state index contributed by atoms with van der Waals surface area (Å²) in [5, 5.41) is 2.94. The molecule has 1 rings (SSSR count). The number of hydrogen-bond acceptors (Lipinski definition) is 2. The molecular formula is C11H16BrNOS. The molecule has 0 aliphatic carbocycles. The Morgan fingerprint density at radius 3 is 2.60 bits per heavy atom. The van der Waals surface area contributed by atoms with E-state index < -0.39 is 0 Å². The van der Waals surface area contributed by atoms with Gasteiger partial charge < -0.3 is 5.32 Å². The Morgan fingerprint density at radius 2 is 2.13 bits per heavy atom. The summed E-state index contributed by atoms with van der Waals surface area (Å²) in [6, 6.07) is 4.02. The van der Waals surface area contributed by atoms with Crippen molar-refractivity contribution in [1.82, 2.24) is 5.32 Å². The zero-order valence-corrected chi connectivity index (χ0v) is 11.6. The van der Waals surface area contributed by atoms with Crippen molar-refractivity contribution in [1.29, 1.82) is 0 Å². The molecule has 0 saturated carbocycles. The molecule has 1 aromatic heterocycles. The van der Waals surface area contributed by atoms with E-state index in [2.05, 4.69) is 35.1 Å². The summed E-state index contributed by atoms with van der Waals surface area (Å²) < 4.78 is 1.10. The molecule has 0 aromatic carbocycles. The Kier molecular flexibility index (Phi) is 4.80. The van der Waals surface area contributed by atoms with Gasteiger partial charge in [-0.2, -0.15) is 0 Å². The van der Waals surface area contributed by atoms with Crippen LogP contribution in [0.15, 0.2) is 15.9 Å². The van der Waals surface area contributed by atoms with E-state index in [4.69, 9.17) is 0 Å². The van der Waals surface area contributed by atoms with E-state index in [1.165, 1.54) is 4.88 Å². The Balaban J connectivity index is 2.40. The monoisotopic (exact) mass is 289 g/mol. The van der Waals surface area contributed by atoms with Crippen LogP contribution in [0.4, 0.5) is 0 Å². The lowest BCUT2D eigenvalue weighted by molar-refractivity contribution is -0.125. The zero-order valence-electron chi connectivity index (χ0n) is 9.21. The molecule has 0 bridgehead atoms. The van der Waals surface area contributed by atoms with Crippen LogP contribution in [-0.2, 0) is 11.3 Å². The van der Waals surface area contributed by atoms with Gasteiger partial charge in [-0.15, -0.1) is 11.3 Å². The van der Waals surface area contributed by atoms with Gasteiger partial charge in [0.05, 0.1) is 10.3 Å². The van der Waals surface area contributed by atoms with Crippen LogP contribution >= 0.6 is 27.3 Å². The molecule has 0 saturated heterocycles. The number of carbonyl (C=O) groups excluding carboxylic acids is 1. The highest BCUT2D eigenvalue weighted by molar-refractivity contribution is 9.11. The van der Waals surface area contributed by atoms with Gasteiger partial charge in [0.25, 0.3) is 0 Å². The van der Waals surface area contributed by atoms with Crippen LogP contribution in [0, 0.1) is 11.8 Å². The molecule has 0 aliphatic heterocycles. The third-order valence-electron chi connectivity index (χ3n) is 2.48. The number of amides is 1. The van der Waals surface area contributed by atoms with E-state index in [0.717, 1.165) is 3.79 Å². The Bertz CT molecular complexity index is 335. The fraction of sp³-hybridized carbons (Fsp3) is 0.545. The quantitative estimate of drug-likeness (QED) is 0.904. The maximum atomic E-state index is 11.6. The predicted molar refractivity (Wildman–Crippen MR) is 67.9 cm³/mol. The van der Waals surface area contributed by atoms with Crippen molar-refractivity contribution in [3.63, 3.8) is 0 Å². The first-order valence-corrected chi connectivity index (χ1v) is 6.63. The van der Waals surface area contributed by atoms with Gasteiger partial charge in [-0.3, -0.25) is 4.79 Å². The lowest BCUT2D eigenvalue weighted by Gasteiger charge is -2.14. The molecule has 84 valence electrons. The van der Waals surface area contributed by atoms with Gasteiger partial charge in [-0.1, -0.05) is 20.8 Å². The minimum atomic E-state index is 0.0772. The van der Waals surface area contributed by atoms with Gasteiger partial charge in [0.1, 0.15) is 0 Å². The van der Waals surface area contributed by atoms with Crippen molar-refractivity contribution in [3.05, 3.63) is 20.8 Å². The molecule has 2 nitrogen and oxygen atoms in total. The van der Waals surface area contributed by atoms with Crippen molar-refractivity contribution < 1.29 is 4.79 Å². The number of nitrogens with one attached hydrogen (secondary N) is 1. The zero-order chi connectivity index (χ0) is 11.4.